The third-order valence-corrected chi connectivity index (χ3v) is 12.4. The molecule has 58 heavy (non-hydrogen) atoms. The lowest BCUT2D eigenvalue weighted by Gasteiger charge is -2.22. The zero-order valence-corrected chi connectivity index (χ0v) is 31.8. The molecule has 0 nitrogen and oxygen atoms in total. The van der Waals surface area contributed by atoms with Crippen LogP contribution in [0.5, 0.6) is 0 Å². The van der Waals surface area contributed by atoms with Crippen molar-refractivity contribution in [3.05, 3.63) is 218 Å². The molecule has 0 saturated carbocycles. The largest absolute Gasteiger partial charge is 0.0622 e. The van der Waals surface area contributed by atoms with Gasteiger partial charge in [0.2, 0.25) is 0 Å². The summed E-state index contributed by atoms with van der Waals surface area (Å²) in [7, 11) is 0. The highest BCUT2D eigenvalue weighted by atomic mass is 14.3. The molecule has 0 aliphatic heterocycles. The molecule has 0 aromatic heterocycles. The van der Waals surface area contributed by atoms with Crippen molar-refractivity contribution in [2.24, 2.45) is 0 Å². The predicted octanol–water partition coefficient (Wildman–Crippen LogP) is 16.4. The number of benzene rings is 12. The van der Waals surface area contributed by atoms with Crippen LogP contribution in [-0.4, -0.2) is 0 Å². The quantitative estimate of drug-likeness (QED) is 0.122. The molecule has 0 heteroatoms. The number of hydrogen-bond acceptors (Lipinski definition) is 0. The standard InChI is InChI=1S/C58H36/c1-4-16-37(17-5-1)40-30-31-45(54(36-40)39-20-8-3-9-21-39)44-33-34-51(43-23-11-10-22-42(43)44)56-47-24-12-13-25-49(47)58-53-35-32-41(38-18-6-2-7-19-38)46-26-14-27-48(55(46)53)50-28-15-29-52(56)57(50)58/h1-36H. The molecular formula is C58H36. The first-order chi connectivity index (χ1) is 28.8. The van der Waals surface area contributed by atoms with E-state index < -0.39 is 0 Å². The van der Waals surface area contributed by atoms with Crippen LogP contribution in [0.4, 0.5) is 0 Å². The van der Waals surface area contributed by atoms with Crippen LogP contribution in [-0.2, 0) is 0 Å². The van der Waals surface area contributed by atoms with E-state index in [1.54, 1.807) is 0 Å². The van der Waals surface area contributed by atoms with Crippen molar-refractivity contribution in [2.75, 3.05) is 0 Å². The van der Waals surface area contributed by atoms with Gasteiger partial charge < -0.3 is 0 Å². The number of rotatable bonds is 5. The van der Waals surface area contributed by atoms with Crippen LogP contribution in [0.25, 0.3) is 120 Å². The van der Waals surface area contributed by atoms with E-state index in [1.165, 1.54) is 120 Å². The van der Waals surface area contributed by atoms with Crippen molar-refractivity contribution in [1.29, 1.82) is 0 Å². The van der Waals surface area contributed by atoms with Crippen LogP contribution in [0.15, 0.2) is 218 Å². The van der Waals surface area contributed by atoms with Crippen LogP contribution in [0.3, 0.4) is 0 Å². The smallest absolute Gasteiger partial charge is 0.00137 e. The van der Waals surface area contributed by atoms with Crippen molar-refractivity contribution >= 4 is 64.6 Å². The average molecular weight is 733 g/mol. The minimum Gasteiger partial charge on any atom is -0.0622 e. The van der Waals surface area contributed by atoms with Crippen LogP contribution in [0, 0.1) is 0 Å². The summed E-state index contributed by atoms with van der Waals surface area (Å²) in [6, 6.07) is 80.7. The molecule has 0 heterocycles. The summed E-state index contributed by atoms with van der Waals surface area (Å²) in [5.74, 6) is 0. The Bertz CT molecular complexity index is 3530. The topological polar surface area (TPSA) is 0 Å². The lowest BCUT2D eigenvalue weighted by molar-refractivity contribution is 1.57. The molecule has 0 bridgehead atoms. The number of hydrogen-bond donors (Lipinski definition) is 0. The summed E-state index contributed by atoms with van der Waals surface area (Å²) in [5, 5.41) is 15.6. The van der Waals surface area contributed by atoms with Gasteiger partial charge in [-0.15, -0.1) is 0 Å². The summed E-state index contributed by atoms with van der Waals surface area (Å²) >= 11 is 0. The minimum atomic E-state index is 1.21. The highest BCUT2D eigenvalue weighted by molar-refractivity contribution is 6.41. The minimum absolute atomic E-state index is 1.21. The molecule has 12 aromatic carbocycles. The highest BCUT2D eigenvalue weighted by Gasteiger charge is 2.22. The molecule has 268 valence electrons. The van der Waals surface area contributed by atoms with E-state index in [0.29, 0.717) is 0 Å². The van der Waals surface area contributed by atoms with Gasteiger partial charge in [0.1, 0.15) is 0 Å². The average Bonchev–Trinajstić information content (AvgIpc) is 3.30. The fourth-order valence-corrected chi connectivity index (χ4v) is 9.93. The van der Waals surface area contributed by atoms with Crippen molar-refractivity contribution in [3.8, 4) is 55.6 Å². The second kappa shape index (κ2) is 13.0. The Labute approximate surface area is 337 Å². The van der Waals surface area contributed by atoms with Crippen molar-refractivity contribution in [3.63, 3.8) is 0 Å². The second-order valence-corrected chi connectivity index (χ2v) is 15.5. The van der Waals surface area contributed by atoms with Gasteiger partial charge in [-0.3, -0.25) is 0 Å². The summed E-state index contributed by atoms with van der Waals surface area (Å²) in [6.07, 6.45) is 0. The van der Waals surface area contributed by atoms with Gasteiger partial charge in [0.15, 0.2) is 0 Å². The SMILES string of the molecule is c1ccc(-c2ccc(-c3ccc(-c4c5ccccc5c5c6ccc(-c7ccccc7)c7cccc(c8cccc4c85)c76)c4ccccc34)c(-c3ccccc3)c2)cc1. The molecule has 0 atom stereocenters. The first-order valence-corrected chi connectivity index (χ1v) is 20.2. The van der Waals surface area contributed by atoms with Gasteiger partial charge in [0, 0.05) is 0 Å². The molecule has 12 rings (SSSR count). The van der Waals surface area contributed by atoms with Crippen LogP contribution >= 0.6 is 0 Å². The maximum absolute atomic E-state index is 2.39. The molecule has 0 fully saturated rings. The molecule has 0 spiro atoms. The molecule has 0 aliphatic rings. The third kappa shape index (κ3) is 4.89. The first-order valence-electron chi connectivity index (χ1n) is 20.2. The van der Waals surface area contributed by atoms with Gasteiger partial charge in [-0.05, 0) is 126 Å². The monoisotopic (exact) mass is 732 g/mol. The van der Waals surface area contributed by atoms with Gasteiger partial charge in [-0.1, -0.05) is 212 Å². The summed E-state index contributed by atoms with van der Waals surface area (Å²) in [5.41, 5.74) is 12.4. The van der Waals surface area contributed by atoms with E-state index in [-0.39, 0.29) is 0 Å². The summed E-state index contributed by atoms with van der Waals surface area (Å²) < 4.78 is 0. The molecular weight excluding hydrogens is 697 g/mol. The van der Waals surface area contributed by atoms with E-state index in [2.05, 4.69) is 218 Å². The van der Waals surface area contributed by atoms with Gasteiger partial charge in [-0.2, -0.15) is 0 Å². The van der Waals surface area contributed by atoms with E-state index >= 15 is 0 Å². The van der Waals surface area contributed by atoms with Gasteiger partial charge in [-0.25, -0.2) is 0 Å². The van der Waals surface area contributed by atoms with Crippen molar-refractivity contribution in [1.82, 2.24) is 0 Å². The fourth-order valence-electron chi connectivity index (χ4n) is 9.93. The lowest BCUT2D eigenvalue weighted by atomic mass is 9.81. The van der Waals surface area contributed by atoms with E-state index in [0.717, 1.165) is 0 Å². The predicted molar refractivity (Wildman–Crippen MR) is 250 cm³/mol. The Morgan fingerprint density at radius 3 is 1.33 bits per heavy atom. The fraction of sp³-hybridized carbons (Fsp3) is 0. The maximum atomic E-state index is 2.39. The Kier molecular flexibility index (Phi) is 7.33. The Morgan fingerprint density at radius 2 is 0.621 bits per heavy atom. The molecule has 0 unspecified atom stereocenters. The van der Waals surface area contributed by atoms with Gasteiger partial charge in [0.05, 0.1) is 0 Å². The first kappa shape index (κ1) is 32.7. The normalized spacial score (nSPS) is 11.8. The molecule has 0 saturated heterocycles. The van der Waals surface area contributed by atoms with E-state index in [1.807, 2.05) is 0 Å². The molecule has 0 aliphatic carbocycles. The van der Waals surface area contributed by atoms with Crippen molar-refractivity contribution < 1.29 is 0 Å². The molecule has 0 N–H and O–H groups in total. The molecule has 12 aromatic rings. The van der Waals surface area contributed by atoms with E-state index in [4.69, 9.17) is 0 Å². The Morgan fingerprint density at radius 1 is 0.172 bits per heavy atom. The maximum Gasteiger partial charge on any atom is -0.00137 e. The highest BCUT2D eigenvalue weighted by Crippen LogP contribution is 2.50. The third-order valence-electron chi connectivity index (χ3n) is 12.4. The Balaban J connectivity index is 1.15. The molecule has 0 radical (unpaired) electrons. The number of fused-ring (bicyclic) bond motifs is 5. The zero-order chi connectivity index (χ0) is 38.2. The summed E-state index contributed by atoms with van der Waals surface area (Å²) in [4.78, 5) is 0. The second-order valence-electron chi connectivity index (χ2n) is 15.5. The van der Waals surface area contributed by atoms with Crippen LogP contribution < -0.4 is 0 Å². The van der Waals surface area contributed by atoms with Crippen LogP contribution in [0.2, 0.25) is 0 Å². The summed E-state index contributed by atoms with van der Waals surface area (Å²) in [6.45, 7) is 0. The van der Waals surface area contributed by atoms with Gasteiger partial charge in [0.25, 0.3) is 0 Å². The molecule has 0 amide bonds. The van der Waals surface area contributed by atoms with Crippen LogP contribution in [0.1, 0.15) is 0 Å². The van der Waals surface area contributed by atoms with E-state index in [9.17, 15) is 0 Å². The lowest BCUT2D eigenvalue weighted by Crippen LogP contribution is -1.94. The van der Waals surface area contributed by atoms with Gasteiger partial charge >= 0.3 is 0 Å². The Hall–Kier alpha value is -7.54. The zero-order valence-electron chi connectivity index (χ0n) is 31.8. The van der Waals surface area contributed by atoms with Crippen molar-refractivity contribution in [2.45, 2.75) is 0 Å².